The molecule has 0 saturated heterocycles. The summed E-state index contributed by atoms with van der Waals surface area (Å²) in [6, 6.07) is 11.8. The fraction of sp³-hybridized carbons (Fsp3) is 0.455. The number of hydrogen-bond donors (Lipinski definition) is 6. The van der Waals surface area contributed by atoms with Crippen LogP contribution in [0.1, 0.15) is 41.6 Å². The highest BCUT2D eigenvalue weighted by atomic mass is 35.5. The summed E-state index contributed by atoms with van der Waals surface area (Å²) < 4.78 is 29.5. The van der Waals surface area contributed by atoms with Crippen molar-refractivity contribution in [1.82, 2.24) is 14.6 Å². The number of fused-ring (bicyclic) bond motifs is 2. The number of aliphatic hydroxyl groups excluding tert-OH is 2. The SMILES string of the molecule is O=P(O)(O)CP(=O)(O)OC[C@H]1C[C@@H](c2ccc3c(N[C@@H]4CCc5ccccc54)nc(Cl)nn23)[C@H](O)[C@@H]1O. The first kappa shape index (κ1) is 26.7. The van der Waals surface area contributed by atoms with Gasteiger partial charge in [0.1, 0.15) is 5.52 Å². The van der Waals surface area contributed by atoms with Crippen molar-refractivity contribution in [2.24, 2.45) is 5.92 Å². The third-order valence-corrected chi connectivity index (χ3v) is 10.6. The molecule has 12 nitrogen and oxygen atoms in total. The van der Waals surface area contributed by atoms with E-state index in [9.17, 15) is 24.2 Å². The van der Waals surface area contributed by atoms with Gasteiger partial charge in [-0.15, -0.1) is 5.10 Å². The molecule has 2 aliphatic carbocycles. The summed E-state index contributed by atoms with van der Waals surface area (Å²) in [5.41, 5.74) is 3.66. The molecule has 2 heterocycles. The van der Waals surface area contributed by atoms with E-state index in [1.807, 2.05) is 12.1 Å². The maximum absolute atomic E-state index is 12.0. The average Bonchev–Trinajstić information content (AvgIpc) is 3.48. The molecule has 5 rings (SSSR count). The van der Waals surface area contributed by atoms with Gasteiger partial charge >= 0.3 is 15.2 Å². The Morgan fingerprint density at radius 3 is 2.62 bits per heavy atom. The number of benzene rings is 1. The summed E-state index contributed by atoms with van der Waals surface area (Å²) in [5, 5.41) is 29.1. The molecule has 1 aromatic carbocycles. The summed E-state index contributed by atoms with van der Waals surface area (Å²) >= 11 is 6.25. The smallest absolute Gasteiger partial charge is 0.340 e. The van der Waals surface area contributed by atoms with Gasteiger partial charge in [-0.1, -0.05) is 24.3 Å². The van der Waals surface area contributed by atoms with Crippen LogP contribution in [0.25, 0.3) is 5.52 Å². The van der Waals surface area contributed by atoms with Gasteiger partial charge < -0.3 is 34.7 Å². The summed E-state index contributed by atoms with van der Waals surface area (Å²) in [6.07, 6.45) is -0.522. The van der Waals surface area contributed by atoms with Crippen LogP contribution in [0.3, 0.4) is 0 Å². The topological polar surface area (TPSA) is 187 Å². The Hall–Kier alpha value is -1.85. The third-order valence-electron chi connectivity index (χ3n) is 6.99. The van der Waals surface area contributed by atoms with Crippen molar-refractivity contribution in [3.05, 3.63) is 58.5 Å². The van der Waals surface area contributed by atoms with Crippen molar-refractivity contribution < 1.29 is 38.5 Å². The van der Waals surface area contributed by atoms with Gasteiger partial charge in [0.05, 0.1) is 24.9 Å². The first-order chi connectivity index (χ1) is 17.4. The van der Waals surface area contributed by atoms with Gasteiger partial charge in [-0.2, -0.15) is 4.98 Å². The number of anilines is 1. The minimum absolute atomic E-state index is 0.00898. The van der Waals surface area contributed by atoms with Gasteiger partial charge in [0.2, 0.25) is 5.28 Å². The molecule has 6 N–H and O–H groups in total. The number of hydrogen-bond acceptors (Lipinski definition) is 8. The normalized spacial score (nSPS) is 27.4. The molecule has 1 saturated carbocycles. The molecule has 3 aromatic rings. The number of nitrogens with zero attached hydrogens (tertiary/aromatic N) is 3. The molecule has 1 fully saturated rings. The highest BCUT2D eigenvalue weighted by Crippen LogP contribution is 2.56. The number of aromatic nitrogens is 3. The van der Waals surface area contributed by atoms with Crippen LogP contribution in [0.4, 0.5) is 5.82 Å². The lowest BCUT2D eigenvalue weighted by atomic mass is 10.0. The van der Waals surface area contributed by atoms with E-state index in [0.29, 0.717) is 17.0 Å². The zero-order chi connectivity index (χ0) is 26.5. The van der Waals surface area contributed by atoms with E-state index in [0.717, 1.165) is 12.8 Å². The fourth-order valence-corrected chi connectivity index (χ4v) is 8.09. The van der Waals surface area contributed by atoms with E-state index in [-0.39, 0.29) is 17.7 Å². The molecule has 0 aliphatic heterocycles. The van der Waals surface area contributed by atoms with Crippen LogP contribution in [0.5, 0.6) is 0 Å². The first-order valence-electron chi connectivity index (χ1n) is 11.7. The number of halogens is 1. The van der Waals surface area contributed by atoms with Crippen LogP contribution in [0.15, 0.2) is 36.4 Å². The van der Waals surface area contributed by atoms with Crippen LogP contribution >= 0.6 is 26.8 Å². The molecular formula is C22H27ClN4O8P2. The lowest BCUT2D eigenvalue weighted by Gasteiger charge is -2.19. The van der Waals surface area contributed by atoms with Crippen LogP contribution < -0.4 is 5.32 Å². The number of rotatable bonds is 8. The second kappa shape index (κ2) is 10.0. The Bertz CT molecular complexity index is 1410. The van der Waals surface area contributed by atoms with E-state index < -0.39 is 51.7 Å². The summed E-state index contributed by atoms with van der Waals surface area (Å²) in [4.78, 5) is 32.1. The molecule has 37 heavy (non-hydrogen) atoms. The maximum Gasteiger partial charge on any atom is 0.340 e. The molecule has 0 amide bonds. The van der Waals surface area contributed by atoms with Gasteiger partial charge in [-0.05, 0) is 54.1 Å². The number of aryl methyl sites for hydroxylation is 1. The number of aliphatic hydroxyl groups is 2. The lowest BCUT2D eigenvalue weighted by molar-refractivity contribution is 0.00366. The minimum atomic E-state index is -4.78. The van der Waals surface area contributed by atoms with Gasteiger partial charge in [-0.25, -0.2) is 4.52 Å². The second-order valence-electron chi connectivity index (χ2n) is 9.54. The summed E-state index contributed by atoms with van der Waals surface area (Å²) in [7, 11) is -9.37. The predicted molar refractivity (Wildman–Crippen MR) is 135 cm³/mol. The Morgan fingerprint density at radius 2 is 1.86 bits per heavy atom. The van der Waals surface area contributed by atoms with E-state index in [2.05, 4.69) is 27.5 Å². The van der Waals surface area contributed by atoms with Gasteiger partial charge in [0, 0.05) is 17.5 Å². The molecule has 6 atom stereocenters. The minimum Gasteiger partial charge on any atom is -0.390 e. The molecule has 2 aromatic heterocycles. The van der Waals surface area contributed by atoms with E-state index in [4.69, 9.17) is 25.9 Å². The van der Waals surface area contributed by atoms with Crippen molar-refractivity contribution in [3.8, 4) is 0 Å². The Balaban J connectivity index is 1.37. The Labute approximate surface area is 217 Å². The van der Waals surface area contributed by atoms with Crippen LogP contribution in [-0.2, 0) is 20.1 Å². The lowest BCUT2D eigenvalue weighted by Crippen LogP contribution is -2.29. The highest BCUT2D eigenvalue weighted by Gasteiger charge is 2.45. The molecule has 15 heteroatoms. The maximum atomic E-state index is 12.0. The molecule has 1 unspecified atom stereocenters. The quantitative estimate of drug-likeness (QED) is 0.218. The van der Waals surface area contributed by atoms with Crippen molar-refractivity contribution in [2.75, 3.05) is 17.8 Å². The van der Waals surface area contributed by atoms with E-state index >= 15 is 0 Å². The molecule has 0 radical (unpaired) electrons. The zero-order valence-corrected chi connectivity index (χ0v) is 22.0. The summed E-state index contributed by atoms with van der Waals surface area (Å²) in [6.45, 7) is -0.463. The van der Waals surface area contributed by atoms with E-state index in [1.54, 1.807) is 16.6 Å². The molecule has 0 bridgehead atoms. The molecular weight excluding hydrogens is 546 g/mol. The largest absolute Gasteiger partial charge is 0.390 e. The predicted octanol–water partition coefficient (Wildman–Crippen LogP) is 2.64. The fourth-order valence-electron chi connectivity index (χ4n) is 5.32. The molecule has 0 spiro atoms. The van der Waals surface area contributed by atoms with E-state index in [1.165, 1.54) is 11.1 Å². The molecule has 200 valence electrons. The van der Waals surface area contributed by atoms with Crippen molar-refractivity contribution >= 4 is 38.1 Å². The summed E-state index contributed by atoms with van der Waals surface area (Å²) in [5.74, 6) is -2.17. The van der Waals surface area contributed by atoms with Crippen molar-refractivity contribution in [2.45, 2.75) is 43.4 Å². The monoisotopic (exact) mass is 572 g/mol. The average molecular weight is 573 g/mol. The Morgan fingerprint density at radius 1 is 1.11 bits per heavy atom. The van der Waals surface area contributed by atoms with Crippen molar-refractivity contribution in [1.29, 1.82) is 0 Å². The van der Waals surface area contributed by atoms with Crippen LogP contribution in [0.2, 0.25) is 5.28 Å². The van der Waals surface area contributed by atoms with Crippen LogP contribution in [0, 0.1) is 5.92 Å². The van der Waals surface area contributed by atoms with Gasteiger partial charge in [0.25, 0.3) is 0 Å². The first-order valence-corrected chi connectivity index (χ1v) is 15.6. The zero-order valence-electron chi connectivity index (χ0n) is 19.5. The van der Waals surface area contributed by atoms with Crippen LogP contribution in [-0.4, -0.2) is 64.2 Å². The highest BCUT2D eigenvalue weighted by molar-refractivity contribution is 7.70. The third kappa shape index (κ3) is 5.63. The van der Waals surface area contributed by atoms with Crippen molar-refractivity contribution in [3.63, 3.8) is 0 Å². The Kier molecular flexibility index (Phi) is 7.25. The molecule has 2 aliphatic rings. The second-order valence-corrected chi connectivity index (χ2v) is 13.9. The van der Waals surface area contributed by atoms with Gasteiger partial charge in [0.15, 0.2) is 11.7 Å². The number of nitrogens with one attached hydrogen (secondary N) is 1. The van der Waals surface area contributed by atoms with Gasteiger partial charge in [-0.3, -0.25) is 9.13 Å². The standard InChI is InChI=1S/C22H27ClN4O8P2/c23-22-25-21(24-16-6-5-12-3-1-2-4-14(12)16)18-8-7-17(27(18)26-22)15-9-13(19(28)20(15)29)10-35-37(33,34)11-36(30,31)32/h1-4,7-8,13,15-16,19-20,28-29H,5-6,9-11H2,(H,33,34)(H,24,25,26)(H2,30,31,32)/t13-,15+,16-,19-,20+/m1/s1.